The van der Waals surface area contributed by atoms with E-state index >= 15 is 0 Å². The summed E-state index contributed by atoms with van der Waals surface area (Å²) < 4.78 is 1.95. The van der Waals surface area contributed by atoms with Crippen LogP contribution in [0.2, 0.25) is 0 Å². The van der Waals surface area contributed by atoms with Gasteiger partial charge in [0.1, 0.15) is 16.6 Å². The molecule has 2 saturated heterocycles. The van der Waals surface area contributed by atoms with Gasteiger partial charge in [-0.2, -0.15) is 10.4 Å². The van der Waals surface area contributed by atoms with E-state index in [4.69, 9.17) is 10.1 Å². The molecule has 1 N–H and O–H groups in total. The van der Waals surface area contributed by atoms with Crippen LogP contribution in [0.4, 0.5) is 16.5 Å². The van der Waals surface area contributed by atoms with E-state index in [1.54, 1.807) is 0 Å². The van der Waals surface area contributed by atoms with Gasteiger partial charge in [-0.1, -0.05) is 48.1 Å². The average molecular weight is 596 g/mol. The fourth-order valence-corrected chi connectivity index (χ4v) is 7.96. The van der Waals surface area contributed by atoms with Crippen LogP contribution in [0.3, 0.4) is 0 Å². The lowest BCUT2D eigenvalue weighted by Crippen LogP contribution is -2.58. The standard InChI is InChI=1S/C33H37N7O2S/c1-4-26-30(37(3)32-35-29(28(18-34)43-32)22-7-5-21(2)6-8-22)27-15-24(9-12-40(27)36-26)38-13-10-33(11-14-38)16-23(17-33)31(42)39-19-25(41)20-39/h5-9,12,15,23,25,41H,4,10-11,13-14,16-17,19-20H2,1-3H3. The number of piperidine rings is 1. The second-order valence-corrected chi connectivity index (χ2v) is 13.5. The molecule has 0 unspecified atom stereocenters. The van der Waals surface area contributed by atoms with Crippen LogP contribution in [0, 0.1) is 29.6 Å². The summed E-state index contributed by atoms with van der Waals surface area (Å²) in [5.41, 5.74) is 7.32. The third-order valence-corrected chi connectivity index (χ3v) is 10.8. The fourth-order valence-electron chi connectivity index (χ4n) is 7.10. The van der Waals surface area contributed by atoms with Crippen molar-refractivity contribution in [3.63, 3.8) is 0 Å². The van der Waals surface area contributed by atoms with E-state index in [2.05, 4.69) is 41.8 Å². The zero-order valence-electron chi connectivity index (χ0n) is 25.0. The molecule has 7 rings (SSSR count). The summed E-state index contributed by atoms with van der Waals surface area (Å²) in [5, 5.41) is 25.1. The Balaban J connectivity index is 1.11. The molecule has 43 heavy (non-hydrogen) atoms. The highest BCUT2D eigenvalue weighted by Crippen LogP contribution is 2.53. The van der Waals surface area contributed by atoms with Gasteiger partial charge >= 0.3 is 0 Å². The predicted octanol–water partition coefficient (Wildman–Crippen LogP) is 5.17. The Morgan fingerprint density at radius 2 is 1.91 bits per heavy atom. The van der Waals surface area contributed by atoms with Crippen molar-refractivity contribution in [2.45, 2.75) is 52.1 Å². The SMILES string of the molecule is CCc1nn2ccc(N3CCC4(CC3)CC(C(=O)N3CC(O)C3)C4)cc2c1N(C)c1nc(-c2ccc(C)cc2)c(C#N)s1. The Morgan fingerprint density at radius 3 is 2.56 bits per heavy atom. The predicted molar refractivity (Wildman–Crippen MR) is 169 cm³/mol. The van der Waals surface area contributed by atoms with Gasteiger partial charge in [0.15, 0.2) is 5.13 Å². The maximum Gasteiger partial charge on any atom is 0.225 e. The van der Waals surface area contributed by atoms with Gasteiger partial charge in [-0.15, -0.1) is 0 Å². The second kappa shape index (κ2) is 10.6. The third-order valence-electron chi connectivity index (χ3n) is 9.73. The number of anilines is 3. The number of benzene rings is 1. The van der Waals surface area contributed by atoms with Crippen molar-refractivity contribution in [3.8, 4) is 17.3 Å². The number of hydrogen-bond donors (Lipinski definition) is 1. The van der Waals surface area contributed by atoms with Crippen molar-refractivity contribution in [3.05, 3.63) is 58.7 Å². The number of thiazole rings is 1. The van der Waals surface area contributed by atoms with Crippen molar-refractivity contribution < 1.29 is 9.90 Å². The van der Waals surface area contributed by atoms with Crippen LogP contribution in [0.1, 0.15) is 48.7 Å². The summed E-state index contributed by atoms with van der Waals surface area (Å²) in [6, 6.07) is 14.9. The Kier molecular flexibility index (Phi) is 6.90. The number of aliphatic hydroxyl groups is 1. The summed E-state index contributed by atoms with van der Waals surface area (Å²) >= 11 is 1.41. The number of pyridine rings is 1. The van der Waals surface area contributed by atoms with Crippen LogP contribution < -0.4 is 9.80 Å². The van der Waals surface area contributed by atoms with Crippen molar-refractivity contribution in [1.82, 2.24) is 19.5 Å². The molecule has 0 bridgehead atoms. The molecule has 1 amide bonds. The van der Waals surface area contributed by atoms with Crippen LogP contribution in [0.15, 0.2) is 42.6 Å². The first kappa shape index (κ1) is 27.9. The summed E-state index contributed by atoms with van der Waals surface area (Å²) in [6.07, 6.45) is 6.63. The summed E-state index contributed by atoms with van der Waals surface area (Å²) in [5.74, 6) is 0.368. The number of hydrogen-bond acceptors (Lipinski definition) is 8. The number of carbonyl (C=O) groups excluding carboxylic acids is 1. The van der Waals surface area contributed by atoms with E-state index in [0.717, 1.165) is 72.8 Å². The van der Waals surface area contributed by atoms with Crippen LogP contribution in [-0.4, -0.2) is 69.8 Å². The van der Waals surface area contributed by atoms with Crippen molar-refractivity contribution in [2.75, 3.05) is 43.0 Å². The first-order valence-electron chi connectivity index (χ1n) is 15.2. The molecular weight excluding hydrogens is 558 g/mol. The van der Waals surface area contributed by atoms with E-state index in [1.807, 2.05) is 46.9 Å². The molecule has 1 saturated carbocycles. The smallest absolute Gasteiger partial charge is 0.225 e. The van der Waals surface area contributed by atoms with Crippen molar-refractivity contribution in [1.29, 1.82) is 5.26 Å². The largest absolute Gasteiger partial charge is 0.389 e. The number of rotatable bonds is 6. The third kappa shape index (κ3) is 4.85. The van der Waals surface area contributed by atoms with Crippen LogP contribution in [0.5, 0.6) is 0 Å². The molecule has 1 spiro atoms. The van der Waals surface area contributed by atoms with Gasteiger partial charge in [-0.05, 0) is 56.6 Å². The molecule has 2 aliphatic heterocycles. The van der Waals surface area contributed by atoms with E-state index in [0.29, 0.717) is 23.7 Å². The zero-order valence-corrected chi connectivity index (χ0v) is 25.8. The van der Waals surface area contributed by atoms with Crippen molar-refractivity contribution in [2.24, 2.45) is 11.3 Å². The molecule has 0 atom stereocenters. The Morgan fingerprint density at radius 1 is 1.19 bits per heavy atom. The number of aliphatic hydroxyl groups excluding tert-OH is 1. The molecular formula is C33H37N7O2S. The maximum atomic E-state index is 12.7. The molecule has 4 aromatic rings. The Bertz CT molecular complexity index is 1710. The maximum absolute atomic E-state index is 12.7. The highest BCUT2D eigenvalue weighted by Gasteiger charge is 2.50. The number of β-amino-alcohol motifs (C(OH)–C–C–N with tert-alkyl or cyclic N) is 1. The van der Waals surface area contributed by atoms with Crippen LogP contribution >= 0.6 is 11.3 Å². The van der Waals surface area contributed by atoms with Crippen LogP contribution in [0.25, 0.3) is 16.8 Å². The summed E-state index contributed by atoms with van der Waals surface area (Å²) in [7, 11) is 2.02. The molecule has 0 radical (unpaired) electrons. The molecule has 3 aromatic heterocycles. The number of nitriles is 1. The number of aryl methyl sites for hydroxylation is 2. The minimum Gasteiger partial charge on any atom is -0.389 e. The average Bonchev–Trinajstić information content (AvgIpc) is 3.59. The van der Waals surface area contributed by atoms with Gasteiger partial charge in [0, 0.05) is 56.6 Å². The molecule has 3 aliphatic rings. The number of likely N-dealkylation sites (tertiary alicyclic amines) is 1. The molecule has 222 valence electrons. The van der Waals surface area contributed by atoms with E-state index in [9.17, 15) is 15.2 Å². The number of nitrogens with zero attached hydrogens (tertiary/aromatic N) is 7. The molecule has 9 nitrogen and oxygen atoms in total. The van der Waals surface area contributed by atoms with E-state index < -0.39 is 0 Å². The normalized spacial score (nSPS) is 18.5. The highest BCUT2D eigenvalue weighted by molar-refractivity contribution is 7.16. The highest BCUT2D eigenvalue weighted by atomic mass is 32.1. The lowest BCUT2D eigenvalue weighted by atomic mass is 9.57. The first-order valence-corrected chi connectivity index (χ1v) is 16.0. The van der Waals surface area contributed by atoms with Gasteiger partial charge in [0.2, 0.25) is 5.91 Å². The number of amides is 1. The Labute approximate surface area is 256 Å². The van der Waals surface area contributed by atoms with Gasteiger partial charge in [0.05, 0.1) is 23.0 Å². The molecule has 5 heterocycles. The molecule has 1 aliphatic carbocycles. The topological polar surface area (TPSA) is 101 Å². The van der Waals surface area contributed by atoms with Gasteiger partial charge in [0.25, 0.3) is 0 Å². The van der Waals surface area contributed by atoms with Crippen LogP contribution in [-0.2, 0) is 11.2 Å². The van der Waals surface area contributed by atoms with Gasteiger partial charge in [-0.3, -0.25) is 4.79 Å². The second-order valence-electron chi connectivity index (χ2n) is 12.6. The van der Waals surface area contributed by atoms with E-state index in [-0.39, 0.29) is 23.3 Å². The molecule has 1 aromatic carbocycles. The monoisotopic (exact) mass is 595 g/mol. The minimum absolute atomic E-state index is 0.131. The molecule has 10 heteroatoms. The zero-order chi connectivity index (χ0) is 29.9. The van der Waals surface area contributed by atoms with Gasteiger partial charge < -0.3 is 19.8 Å². The lowest BCUT2D eigenvalue weighted by Gasteiger charge is -2.53. The van der Waals surface area contributed by atoms with Gasteiger partial charge in [-0.25, -0.2) is 9.50 Å². The van der Waals surface area contributed by atoms with E-state index in [1.165, 1.54) is 22.6 Å². The quantitative estimate of drug-likeness (QED) is 0.328. The minimum atomic E-state index is -0.337. The Hall–Kier alpha value is -3.94. The summed E-state index contributed by atoms with van der Waals surface area (Å²) in [6.45, 7) is 7.11. The number of aromatic nitrogens is 3. The fraction of sp³-hybridized carbons (Fsp3) is 0.455. The number of carbonyl (C=O) groups is 1. The lowest BCUT2D eigenvalue weighted by molar-refractivity contribution is -0.154. The number of fused-ring (bicyclic) bond motifs is 1. The summed E-state index contributed by atoms with van der Waals surface area (Å²) in [4.78, 5) is 24.6. The molecule has 3 fully saturated rings. The van der Waals surface area contributed by atoms with Crippen molar-refractivity contribution >= 4 is 39.3 Å². The first-order chi connectivity index (χ1) is 20.8.